The quantitative estimate of drug-likeness (QED) is 0.753. The van der Waals surface area contributed by atoms with E-state index >= 15 is 0 Å². The minimum Gasteiger partial charge on any atom is -0.372 e. The first-order chi connectivity index (χ1) is 12.5. The van der Waals surface area contributed by atoms with Gasteiger partial charge in [0.05, 0.1) is 15.7 Å². The molecule has 3 rings (SSSR count). The molecule has 5 nitrogen and oxygen atoms in total. The summed E-state index contributed by atoms with van der Waals surface area (Å²) >= 11 is 11.9. The highest BCUT2D eigenvalue weighted by Crippen LogP contribution is 2.29. The van der Waals surface area contributed by atoms with Gasteiger partial charge in [0.2, 0.25) is 0 Å². The highest BCUT2D eigenvalue weighted by Gasteiger charge is 2.17. The first kappa shape index (κ1) is 18.5. The second kappa shape index (κ2) is 8.43. The highest BCUT2D eigenvalue weighted by molar-refractivity contribution is 6.47. The molecule has 7 heteroatoms. The predicted molar refractivity (Wildman–Crippen MR) is 106 cm³/mol. The third kappa shape index (κ3) is 4.48. The number of carbonyl (C=O) groups excluding carboxylic acids is 2. The topological polar surface area (TPSA) is 61.4 Å². The Morgan fingerprint density at radius 2 is 1.50 bits per heavy atom. The molecule has 26 heavy (non-hydrogen) atoms. The van der Waals surface area contributed by atoms with E-state index in [1.165, 1.54) is 19.3 Å². The fraction of sp³-hybridized carbons (Fsp3) is 0.263. The van der Waals surface area contributed by atoms with Gasteiger partial charge in [-0.3, -0.25) is 9.59 Å². The molecule has 0 radical (unpaired) electrons. The van der Waals surface area contributed by atoms with Gasteiger partial charge in [0.15, 0.2) is 0 Å². The van der Waals surface area contributed by atoms with E-state index in [1.54, 1.807) is 30.3 Å². The number of benzene rings is 2. The second-order valence-electron chi connectivity index (χ2n) is 6.10. The summed E-state index contributed by atoms with van der Waals surface area (Å²) in [6.45, 7) is 2.10. The van der Waals surface area contributed by atoms with Crippen molar-refractivity contribution in [2.75, 3.05) is 28.6 Å². The van der Waals surface area contributed by atoms with Crippen LogP contribution in [-0.2, 0) is 9.59 Å². The Morgan fingerprint density at radius 1 is 0.846 bits per heavy atom. The number of halogens is 2. The number of piperidine rings is 1. The van der Waals surface area contributed by atoms with Crippen molar-refractivity contribution in [3.63, 3.8) is 0 Å². The van der Waals surface area contributed by atoms with E-state index in [-0.39, 0.29) is 5.02 Å². The van der Waals surface area contributed by atoms with Gasteiger partial charge in [-0.15, -0.1) is 0 Å². The maximum Gasteiger partial charge on any atom is 0.314 e. The molecule has 0 bridgehead atoms. The molecule has 2 aromatic carbocycles. The first-order valence-corrected chi connectivity index (χ1v) is 9.21. The summed E-state index contributed by atoms with van der Waals surface area (Å²) in [6.07, 6.45) is 3.67. The Bertz CT molecular complexity index is 803. The van der Waals surface area contributed by atoms with Crippen molar-refractivity contribution in [2.45, 2.75) is 19.3 Å². The molecule has 1 aliphatic rings. The number of rotatable bonds is 3. The molecule has 2 N–H and O–H groups in total. The summed E-state index contributed by atoms with van der Waals surface area (Å²) < 4.78 is 0. The Morgan fingerprint density at radius 3 is 2.19 bits per heavy atom. The van der Waals surface area contributed by atoms with Crippen LogP contribution in [0.1, 0.15) is 19.3 Å². The van der Waals surface area contributed by atoms with Crippen LogP contribution >= 0.6 is 23.2 Å². The molecule has 1 heterocycles. The molecule has 136 valence electrons. The van der Waals surface area contributed by atoms with Gasteiger partial charge in [0.25, 0.3) is 0 Å². The van der Waals surface area contributed by atoms with E-state index in [2.05, 4.69) is 15.5 Å². The molecule has 0 unspecified atom stereocenters. The zero-order chi connectivity index (χ0) is 18.5. The number of nitrogens with zero attached hydrogens (tertiary/aromatic N) is 1. The Labute approximate surface area is 162 Å². The Kier molecular flexibility index (Phi) is 6.01. The van der Waals surface area contributed by atoms with Crippen LogP contribution in [0.5, 0.6) is 0 Å². The van der Waals surface area contributed by atoms with Crippen molar-refractivity contribution in [3.05, 3.63) is 52.5 Å². The van der Waals surface area contributed by atoms with Crippen LogP contribution in [0.4, 0.5) is 17.1 Å². The van der Waals surface area contributed by atoms with E-state index in [4.69, 9.17) is 23.2 Å². The van der Waals surface area contributed by atoms with Crippen molar-refractivity contribution in [1.82, 2.24) is 0 Å². The minimum absolute atomic E-state index is 0.196. The van der Waals surface area contributed by atoms with Gasteiger partial charge in [-0.2, -0.15) is 0 Å². The van der Waals surface area contributed by atoms with Crippen LogP contribution in [0, 0.1) is 0 Å². The molecule has 1 aliphatic heterocycles. The number of carbonyl (C=O) groups is 2. The smallest absolute Gasteiger partial charge is 0.314 e. The van der Waals surface area contributed by atoms with Crippen LogP contribution in [0.15, 0.2) is 42.5 Å². The summed E-state index contributed by atoms with van der Waals surface area (Å²) in [7, 11) is 0. The standard InChI is InChI=1S/C19H19Cl2N3O2/c20-15-5-4-6-16(17(15)21)23-19(26)18(25)22-13-7-9-14(10-8-13)24-11-2-1-3-12-24/h4-10H,1-3,11-12H2,(H,22,25)(H,23,26). The normalized spacial score (nSPS) is 14.0. The first-order valence-electron chi connectivity index (χ1n) is 8.46. The summed E-state index contributed by atoms with van der Waals surface area (Å²) in [6, 6.07) is 12.3. The van der Waals surface area contributed by atoms with Crippen LogP contribution in [0.25, 0.3) is 0 Å². The molecular weight excluding hydrogens is 373 g/mol. The van der Waals surface area contributed by atoms with E-state index < -0.39 is 11.8 Å². The van der Waals surface area contributed by atoms with Crippen molar-refractivity contribution in [2.24, 2.45) is 0 Å². The lowest BCUT2D eigenvalue weighted by Gasteiger charge is -2.28. The Hall–Kier alpha value is -2.24. The molecule has 0 saturated carbocycles. The van der Waals surface area contributed by atoms with Crippen molar-refractivity contribution in [3.8, 4) is 0 Å². The number of hydrogen-bond acceptors (Lipinski definition) is 3. The second-order valence-corrected chi connectivity index (χ2v) is 6.89. The summed E-state index contributed by atoms with van der Waals surface area (Å²) in [5.74, 6) is -1.58. The zero-order valence-electron chi connectivity index (χ0n) is 14.1. The van der Waals surface area contributed by atoms with E-state index in [1.807, 2.05) is 12.1 Å². The molecule has 2 aromatic rings. The molecule has 1 fully saturated rings. The van der Waals surface area contributed by atoms with E-state index in [9.17, 15) is 9.59 Å². The lowest BCUT2D eigenvalue weighted by molar-refractivity contribution is -0.132. The zero-order valence-corrected chi connectivity index (χ0v) is 15.6. The van der Waals surface area contributed by atoms with Gasteiger partial charge in [-0.05, 0) is 55.7 Å². The molecule has 0 aromatic heterocycles. The lowest BCUT2D eigenvalue weighted by atomic mass is 10.1. The van der Waals surface area contributed by atoms with E-state index in [0.717, 1.165) is 18.8 Å². The number of hydrogen-bond donors (Lipinski definition) is 2. The van der Waals surface area contributed by atoms with Crippen LogP contribution in [0.2, 0.25) is 10.0 Å². The fourth-order valence-electron chi connectivity index (χ4n) is 2.87. The summed E-state index contributed by atoms with van der Waals surface area (Å²) in [4.78, 5) is 26.5. The number of amides is 2. The molecule has 0 aliphatic carbocycles. The number of anilines is 3. The molecule has 1 saturated heterocycles. The van der Waals surface area contributed by atoms with Gasteiger partial charge >= 0.3 is 11.8 Å². The molecule has 0 spiro atoms. The third-order valence-electron chi connectivity index (χ3n) is 4.25. The van der Waals surface area contributed by atoms with Crippen molar-refractivity contribution < 1.29 is 9.59 Å². The van der Waals surface area contributed by atoms with Gasteiger partial charge in [0, 0.05) is 24.5 Å². The van der Waals surface area contributed by atoms with Gasteiger partial charge in [-0.1, -0.05) is 29.3 Å². The van der Waals surface area contributed by atoms with Gasteiger partial charge in [0.1, 0.15) is 0 Å². The van der Waals surface area contributed by atoms with Crippen molar-refractivity contribution in [1.29, 1.82) is 0 Å². The number of nitrogens with one attached hydrogen (secondary N) is 2. The monoisotopic (exact) mass is 391 g/mol. The van der Waals surface area contributed by atoms with Crippen LogP contribution < -0.4 is 15.5 Å². The maximum atomic E-state index is 12.1. The van der Waals surface area contributed by atoms with Gasteiger partial charge < -0.3 is 15.5 Å². The SMILES string of the molecule is O=C(Nc1ccc(N2CCCCC2)cc1)C(=O)Nc1cccc(Cl)c1Cl. The Balaban J connectivity index is 1.60. The average molecular weight is 392 g/mol. The van der Waals surface area contributed by atoms with Gasteiger partial charge in [-0.25, -0.2) is 0 Å². The minimum atomic E-state index is -0.811. The van der Waals surface area contributed by atoms with E-state index in [0.29, 0.717) is 16.4 Å². The molecule has 0 atom stereocenters. The summed E-state index contributed by atoms with van der Waals surface area (Å²) in [5.41, 5.74) is 1.97. The molecular formula is C19H19Cl2N3O2. The summed E-state index contributed by atoms with van der Waals surface area (Å²) in [5, 5.41) is 5.54. The largest absolute Gasteiger partial charge is 0.372 e. The fourth-order valence-corrected chi connectivity index (χ4v) is 3.22. The predicted octanol–water partition coefficient (Wildman–Crippen LogP) is 4.56. The average Bonchev–Trinajstić information content (AvgIpc) is 2.66. The molecule has 2 amide bonds. The van der Waals surface area contributed by atoms with Crippen LogP contribution in [0.3, 0.4) is 0 Å². The van der Waals surface area contributed by atoms with Crippen LogP contribution in [-0.4, -0.2) is 24.9 Å². The highest BCUT2D eigenvalue weighted by atomic mass is 35.5. The lowest BCUT2D eigenvalue weighted by Crippen LogP contribution is -2.30. The maximum absolute atomic E-state index is 12.1. The third-order valence-corrected chi connectivity index (χ3v) is 5.07. The van der Waals surface area contributed by atoms with Crippen molar-refractivity contribution >= 4 is 52.1 Å².